The second-order valence-corrected chi connectivity index (χ2v) is 11.1. The Labute approximate surface area is 218 Å². The SMILES string of the molecule is CC(C)(C)c1ccc2cc3c(cc2c1)-c1cc2cc(N(c4ccccc4)c4ccccc4)ccc2cc1-3. The second kappa shape index (κ2) is 8.08. The first-order valence-corrected chi connectivity index (χ1v) is 13.0. The highest BCUT2D eigenvalue weighted by Crippen LogP contribution is 2.51. The van der Waals surface area contributed by atoms with E-state index in [0.29, 0.717) is 0 Å². The molecule has 0 spiro atoms. The van der Waals surface area contributed by atoms with E-state index in [-0.39, 0.29) is 5.41 Å². The van der Waals surface area contributed by atoms with Crippen LogP contribution < -0.4 is 4.90 Å². The summed E-state index contributed by atoms with van der Waals surface area (Å²) in [5, 5.41) is 5.18. The van der Waals surface area contributed by atoms with E-state index in [1.54, 1.807) is 0 Å². The summed E-state index contributed by atoms with van der Waals surface area (Å²) >= 11 is 0. The predicted molar refractivity (Wildman–Crippen MR) is 159 cm³/mol. The minimum Gasteiger partial charge on any atom is -0.310 e. The highest BCUT2D eigenvalue weighted by Gasteiger charge is 2.24. The smallest absolute Gasteiger partial charge is 0.0468 e. The molecule has 178 valence electrons. The number of para-hydroxylation sites is 2. The van der Waals surface area contributed by atoms with Gasteiger partial charge >= 0.3 is 0 Å². The van der Waals surface area contributed by atoms with Crippen molar-refractivity contribution in [3.05, 3.63) is 127 Å². The molecule has 0 N–H and O–H groups in total. The monoisotopic (exact) mass is 475 g/mol. The molecule has 1 nitrogen and oxygen atoms in total. The maximum Gasteiger partial charge on any atom is 0.0468 e. The van der Waals surface area contributed by atoms with Gasteiger partial charge in [-0.1, -0.05) is 81.4 Å². The molecule has 0 aliphatic heterocycles. The van der Waals surface area contributed by atoms with Gasteiger partial charge in [0.05, 0.1) is 0 Å². The van der Waals surface area contributed by atoms with Gasteiger partial charge in [-0.15, -0.1) is 0 Å². The van der Waals surface area contributed by atoms with Crippen LogP contribution in [-0.4, -0.2) is 0 Å². The number of hydrogen-bond acceptors (Lipinski definition) is 1. The second-order valence-electron chi connectivity index (χ2n) is 11.1. The quantitative estimate of drug-likeness (QED) is 0.246. The molecule has 0 aromatic heterocycles. The van der Waals surface area contributed by atoms with Crippen molar-refractivity contribution in [2.24, 2.45) is 0 Å². The third kappa shape index (κ3) is 3.62. The summed E-state index contributed by atoms with van der Waals surface area (Å²) in [6, 6.07) is 44.5. The molecule has 0 saturated heterocycles. The molecule has 0 atom stereocenters. The fraction of sp³-hybridized carbons (Fsp3) is 0.111. The number of nitrogens with zero attached hydrogens (tertiary/aromatic N) is 1. The Balaban J connectivity index is 1.35. The topological polar surface area (TPSA) is 3.24 Å². The van der Waals surface area contributed by atoms with Gasteiger partial charge in [0.2, 0.25) is 0 Å². The maximum absolute atomic E-state index is 2.39. The third-order valence-corrected chi connectivity index (χ3v) is 7.67. The van der Waals surface area contributed by atoms with Gasteiger partial charge in [-0.05, 0) is 115 Å². The van der Waals surface area contributed by atoms with Crippen LogP contribution in [0.4, 0.5) is 17.1 Å². The van der Waals surface area contributed by atoms with Gasteiger partial charge in [0.1, 0.15) is 0 Å². The lowest BCUT2D eigenvalue weighted by atomic mass is 9.77. The van der Waals surface area contributed by atoms with E-state index in [9.17, 15) is 0 Å². The van der Waals surface area contributed by atoms with Crippen molar-refractivity contribution in [3.8, 4) is 22.3 Å². The average Bonchev–Trinajstić information content (AvgIpc) is 2.92. The van der Waals surface area contributed by atoms with Crippen LogP contribution in [0.3, 0.4) is 0 Å². The van der Waals surface area contributed by atoms with Gasteiger partial charge in [-0.2, -0.15) is 0 Å². The van der Waals surface area contributed by atoms with Crippen molar-refractivity contribution in [2.45, 2.75) is 26.2 Å². The van der Waals surface area contributed by atoms with E-state index >= 15 is 0 Å². The Bertz CT molecular complexity index is 1750. The minimum absolute atomic E-state index is 0.144. The largest absolute Gasteiger partial charge is 0.310 e. The van der Waals surface area contributed by atoms with Crippen molar-refractivity contribution in [3.63, 3.8) is 0 Å². The Morgan fingerprint density at radius 2 is 0.865 bits per heavy atom. The summed E-state index contributed by atoms with van der Waals surface area (Å²) in [5.74, 6) is 0. The highest BCUT2D eigenvalue weighted by molar-refractivity contribution is 6.12. The molecule has 1 heteroatoms. The first-order chi connectivity index (χ1) is 18.0. The molecule has 1 aliphatic rings. The van der Waals surface area contributed by atoms with Gasteiger partial charge in [0.25, 0.3) is 0 Å². The van der Waals surface area contributed by atoms with E-state index in [0.717, 1.165) is 17.1 Å². The lowest BCUT2D eigenvalue weighted by Crippen LogP contribution is -2.10. The van der Waals surface area contributed by atoms with Crippen molar-refractivity contribution < 1.29 is 0 Å². The average molecular weight is 476 g/mol. The Morgan fingerprint density at radius 3 is 1.38 bits per heavy atom. The van der Waals surface area contributed by atoms with Crippen LogP contribution in [0.2, 0.25) is 0 Å². The van der Waals surface area contributed by atoms with Gasteiger partial charge < -0.3 is 4.90 Å². The maximum atomic E-state index is 2.39. The van der Waals surface area contributed by atoms with Gasteiger partial charge in [-0.25, -0.2) is 0 Å². The van der Waals surface area contributed by atoms with Crippen molar-refractivity contribution >= 4 is 38.6 Å². The molecule has 0 bridgehead atoms. The van der Waals surface area contributed by atoms with E-state index in [1.165, 1.54) is 49.4 Å². The Kier molecular flexibility index (Phi) is 4.78. The lowest BCUT2D eigenvalue weighted by Gasteiger charge is -2.28. The molecule has 0 unspecified atom stereocenters. The van der Waals surface area contributed by atoms with Crippen molar-refractivity contribution in [1.29, 1.82) is 0 Å². The molecule has 0 heterocycles. The highest BCUT2D eigenvalue weighted by atomic mass is 15.1. The molecule has 0 amide bonds. The van der Waals surface area contributed by atoms with Crippen molar-refractivity contribution in [2.75, 3.05) is 4.90 Å². The van der Waals surface area contributed by atoms with Gasteiger partial charge in [0, 0.05) is 17.1 Å². The number of hydrogen-bond donors (Lipinski definition) is 0. The zero-order valence-electron chi connectivity index (χ0n) is 21.5. The predicted octanol–water partition coefficient (Wildman–Crippen LogP) is 10.4. The van der Waals surface area contributed by atoms with Gasteiger partial charge in [0.15, 0.2) is 0 Å². The summed E-state index contributed by atoms with van der Waals surface area (Å²) in [5.41, 5.74) is 10.4. The van der Waals surface area contributed by atoms with E-state index in [4.69, 9.17) is 0 Å². The fourth-order valence-electron chi connectivity index (χ4n) is 5.62. The van der Waals surface area contributed by atoms with Crippen LogP contribution in [-0.2, 0) is 5.41 Å². The summed E-state index contributed by atoms with van der Waals surface area (Å²) < 4.78 is 0. The molecule has 0 radical (unpaired) electrons. The van der Waals surface area contributed by atoms with E-state index in [2.05, 4.69) is 147 Å². The summed E-state index contributed by atoms with van der Waals surface area (Å²) in [6.07, 6.45) is 0. The van der Waals surface area contributed by atoms with E-state index in [1.807, 2.05) is 0 Å². The summed E-state index contributed by atoms with van der Waals surface area (Å²) in [7, 11) is 0. The molecular formula is C36H29N. The van der Waals surface area contributed by atoms with Crippen LogP contribution >= 0.6 is 0 Å². The van der Waals surface area contributed by atoms with Crippen LogP contribution in [0, 0.1) is 0 Å². The van der Waals surface area contributed by atoms with Gasteiger partial charge in [-0.3, -0.25) is 0 Å². The normalized spacial score (nSPS) is 12.2. The number of anilines is 3. The minimum atomic E-state index is 0.144. The number of benzene rings is 6. The number of rotatable bonds is 3. The Morgan fingerprint density at radius 1 is 0.405 bits per heavy atom. The molecule has 0 saturated carbocycles. The van der Waals surface area contributed by atoms with Crippen LogP contribution in [0.1, 0.15) is 26.3 Å². The Hall–Kier alpha value is -4.36. The number of fused-ring (bicyclic) bond motifs is 6. The first-order valence-electron chi connectivity index (χ1n) is 13.0. The standard InChI is InChI=1S/C36H29N/c1-36(2,3)28-16-14-24-20-32-33-21-25-15-17-31(19-27(25)23-35(33)34(32)22-26(24)18-28)37(29-10-6-4-7-11-29)30-12-8-5-9-13-30/h4-23H,1-3H3. The van der Waals surface area contributed by atoms with Crippen LogP contribution in [0.15, 0.2) is 121 Å². The molecule has 1 aliphatic carbocycles. The summed E-state index contributed by atoms with van der Waals surface area (Å²) in [6.45, 7) is 6.84. The molecule has 6 aromatic rings. The van der Waals surface area contributed by atoms with Crippen molar-refractivity contribution in [1.82, 2.24) is 0 Å². The van der Waals surface area contributed by atoms with Crippen LogP contribution in [0.5, 0.6) is 0 Å². The zero-order chi connectivity index (χ0) is 25.1. The van der Waals surface area contributed by atoms with E-state index < -0.39 is 0 Å². The third-order valence-electron chi connectivity index (χ3n) is 7.67. The zero-order valence-corrected chi connectivity index (χ0v) is 21.5. The lowest BCUT2D eigenvalue weighted by molar-refractivity contribution is 0.591. The molecule has 0 fully saturated rings. The first kappa shape index (κ1) is 21.9. The molecule has 7 rings (SSSR count). The fourth-order valence-corrected chi connectivity index (χ4v) is 5.62. The van der Waals surface area contributed by atoms with Crippen LogP contribution in [0.25, 0.3) is 43.8 Å². The molecule has 37 heavy (non-hydrogen) atoms. The molecule has 6 aromatic carbocycles. The summed E-state index contributed by atoms with van der Waals surface area (Å²) in [4.78, 5) is 2.33. The molecular weight excluding hydrogens is 446 g/mol.